The molecule has 1 atom stereocenters. The summed E-state index contributed by atoms with van der Waals surface area (Å²) in [6.45, 7) is 2.14. The largest absolute Gasteiger partial charge is 0.0786 e. The van der Waals surface area contributed by atoms with Gasteiger partial charge in [-0.05, 0) is 29.7 Å². The molecule has 0 saturated heterocycles. The predicted octanol–water partition coefficient (Wildman–Crippen LogP) is 5.24. The normalized spacial score (nSPS) is 12.4. The van der Waals surface area contributed by atoms with Gasteiger partial charge in [-0.3, -0.25) is 0 Å². The highest BCUT2D eigenvalue weighted by molar-refractivity contribution is 9.10. The Hall–Kier alpha value is -0.600. The lowest BCUT2D eigenvalue weighted by Gasteiger charge is -2.14. The van der Waals surface area contributed by atoms with Crippen LogP contribution in [0.5, 0.6) is 0 Å². The van der Waals surface area contributed by atoms with Gasteiger partial charge in [-0.1, -0.05) is 74.3 Å². The lowest BCUT2D eigenvalue weighted by molar-refractivity contribution is 1.14. The van der Waals surface area contributed by atoms with Gasteiger partial charge in [0.2, 0.25) is 0 Å². The second kappa shape index (κ2) is 5.15. The fraction of sp³-hybridized carbons (Fsp3) is 0.143. The summed E-state index contributed by atoms with van der Waals surface area (Å²) < 4.78 is 1.16. The van der Waals surface area contributed by atoms with E-state index >= 15 is 0 Å². The molecule has 0 aliphatic carbocycles. The van der Waals surface area contributed by atoms with Gasteiger partial charge in [-0.15, -0.1) is 0 Å². The summed E-state index contributed by atoms with van der Waals surface area (Å²) in [6.07, 6.45) is 0. The Labute approximate surface area is 113 Å². The van der Waals surface area contributed by atoms with Crippen molar-refractivity contribution >= 4 is 31.9 Å². The molecule has 0 spiro atoms. The van der Waals surface area contributed by atoms with Crippen LogP contribution in [0.15, 0.2) is 53.0 Å². The van der Waals surface area contributed by atoms with E-state index in [1.165, 1.54) is 16.7 Å². The van der Waals surface area contributed by atoms with Crippen molar-refractivity contribution in [2.45, 2.75) is 11.8 Å². The van der Waals surface area contributed by atoms with Crippen molar-refractivity contribution < 1.29 is 0 Å². The minimum Gasteiger partial charge on any atom is -0.0786 e. The molecule has 2 aromatic carbocycles. The van der Waals surface area contributed by atoms with Crippen LogP contribution in [0.2, 0.25) is 0 Å². The van der Waals surface area contributed by atoms with Gasteiger partial charge in [-0.2, -0.15) is 0 Å². The number of hydrogen-bond donors (Lipinski definition) is 0. The Morgan fingerprint density at radius 1 is 0.938 bits per heavy atom. The fourth-order valence-electron chi connectivity index (χ4n) is 1.70. The molecule has 0 N–H and O–H groups in total. The first kappa shape index (κ1) is 11.9. The van der Waals surface area contributed by atoms with Gasteiger partial charge < -0.3 is 0 Å². The van der Waals surface area contributed by atoms with Gasteiger partial charge in [0.15, 0.2) is 0 Å². The number of rotatable bonds is 2. The van der Waals surface area contributed by atoms with Crippen LogP contribution in [-0.2, 0) is 0 Å². The zero-order chi connectivity index (χ0) is 11.5. The van der Waals surface area contributed by atoms with E-state index in [2.05, 4.69) is 81.2 Å². The highest BCUT2D eigenvalue weighted by Gasteiger charge is 2.13. The van der Waals surface area contributed by atoms with Crippen LogP contribution in [0.3, 0.4) is 0 Å². The van der Waals surface area contributed by atoms with Gasteiger partial charge >= 0.3 is 0 Å². The Bertz CT molecular complexity index is 477. The predicted molar refractivity (Wildman–Crippen MR) is 76.1 cm³/mol. The quantitative estimate of drug-likeness (QED) is 0.656. The maximum Gasteiger partial charge on any atom is 0.0647 e. The molecule has 0 bridgehead atoms. The minimum atomic E-state index is 0.256. The maximum atomic E-state index is 3.76. The van der Waals surface area contributed by atoms with Crippen LogP contribution in [0.4, 0.5) is 0 Å². The van der Waals surface area contributed by atoms with Crippen molar-refractivity contribution in [3.8, 4) is 0 Å². The van der Waals surface area contributed by atoms with E-state index in [0.29, 0.717) is 0 Å². The Morgan fingerprint density at radius 2 is 1.62 bits per heavy atom. The zero-order valence-electron chi connectivity index (χ0n) is 8.95. The second-order valence-corrected chi connectivity index (χ2v) is 5.50. The van der Waals surface area contributed by atoms with Gasteiger partial charge in [0, 0.05) is 4.47 Å². The van der Waals surface area contributed by atoms with Crippen LogP contribution in [0, 0.1) is 6.92 Å². The van der Waals surface area contributed by atoms with Gasteiger partial charge in [0.1, 0.15) is 0 Å². The van der Waals surface area contributed by atoms with Crippen molar-refractivity contribution in [3.63, 3.8) is 0 Å². The van der Waals surface area contributed by atoms with Crippen LogP contribution < -0.4 is 0 Å². The zero-order valence-corrected chi connectivity index (χ0v) is 12.1. The highest BCUT2D eigenvalue weighted by atomic mass is 79.9. The third kappa shape index (κ3) is 2.38. The summed E-state index contributed by atoms with van der Waals surface area (Å²) >= 11 is 7.32. The van der Waals surface area contributed by atoms with Gasteiger partial charge in [0.05, 0.1) is 4.83 Å². The molecule has 0 radical (unpaired) electrons. The van der Waals surface area contributed by atoms with Crippen LogP contribution in [0.25, 0.3) is 0 Å². The van der Waals surface area contributed by atoms with Crippen molar-refractivity contribution in [1.82, 2.24) is 0 Å². The minimum absolute atomic E-state index is 0.256. The molecular formula is C14H12Br2. The lowest BCUT2D eigenvalue weighted by Crippen LogP contribution is -1.95. The molecule has 82 valence electrons. The summed E-state index contributed by atoms with van der Waals surface area (Å²) in [6, 6.07) is 16.8. The summed E-state index contributed by atoms with van der Waals surface area (Å²) in [5, 5.41) is 0. The Balaban J connectivity index is 2.42. The molecule has 2 rings (SSSR count). The fourth-order valence-corrected chi connectivity index (χ4v) is 2.88. The van der Waals surface area contributed by atoms with Crippen LogP contribution in [-0.4, -0.2) is 0 Å². The average molecular weight is 340 g/mol. The van der Waals surface area contributed by atoms with E-state index in [-0.39, 0.29) is 4.83 Å². The molecule has 0 amide bonds. The Kier molecular flexibility index (Phi) is 3.82. The van der Waals surface area contributed by atoms with E-state index in [9.17, 15) is 0 Å². The number of hydrogen-bond acceptors (Lipinski definition) is 0. The molecule has 16 heavy (non-hydrogen) atoms. The summed E-state index contributed by atoms with van der Waals surface area (Å²) in [7, 11) is 0. The van der Waals surface area contributed by atoms with Crippen molar-refractivity contribution in [2.75, 3.05) is 0 Å². The van der Waals surface area contributed by atoms with E-state index < -0.39 is 0 Å². The average Bonchev–Trinajstić information content (AvgIpc) is 2.33. The smallest absolute Gasteiger partial charge is 0.0647 e. The molecule has 0 aliphatic heterocycles. The molecule has 0 nitrogen and oxygen atoms in total. The third-order valence-electron chi connectivity index (χ3n) is 2.67. The van der Waals surface area contributed by atoms with E-state index in [0.717, 1.165) is 4.47 Å². The van der Waals surface area contributed by atoms with Crippen molar-refractivity contribution in [1.29, 1.82) is 0 Å². The molecular weight excluding hydrogens is 328 g/mol. The Morgan fingerprint density at radius 3 is 2.31 bits per heavy atom. The molecule has 0 fully saturated rings. The SMILES string of the molecule is Cc1c(Br)cccc1C(Br)c1ccccc1. The van der Waals surface area contributed by atoms with Crippen LogP contribution in [0.1, 0.15) is 21.5 Å². The molecule has 2 aromatic rings. The first-order valence-electron chi connectivity index (χ1n) is 5.14. The van der Waals surface area contributed by atoms with E-state index in [4.69, 9.17) is 0 Å². The van der Waals surface area contributed by atoms with E-state index in [1.54, 1.807) is 0 Å². The number of benzene rings is 2. The number of alkyl halides is 1. The van der Waals surface area contributed by atoms with E-state index in [1.807, 2.05) is 6.07 Å². The van der Waals surface area contributed by atoms with Gasteiger partial charge in [0.25, 0.3) is 0 Å². The summed E-state index contributed by atoms with van der Waals surface area (Å²) in [5.74, 6) is 0. The first-order chi connectivity index (χ1) is 7.70. The molecule has 0 heterocycles. The first-order valence-corrected chi connectivity index (χ1v) is 6.85. The lowest BCUT2D eigenvalue weighted by atomic mass is 10.0. The summed E-state index contributed by atoms with van der Waals surface area (Å²) in [5.41, 5.74) is 3.87. The molecule has 1 unspecified atom stereocenters. The standard InChI is InChI=1S/C14H12Br2/c1-10-12(8-5-9-13(10)15)14(16)11-6-3-2-4-7-11/h2-9,14H,1H3. The highest BCUT2D eigenvalue weighted by Crippen LogP contribution is 2.34. The topological polar surface area (TPSA) is 0 Å². The molecule has 2 heteroatoms. The molecule has 0 aliphatic rings. The van der Waals surface area contributed by atoms with Crippen molar-refractivity contribution in [2.24, 2.45) is 0 Å². The molecule has 0 aromatic heterocycles. The summed E-state index contributed by atoms with van der Waals surface area (Å²) in [4.78, 5) is 0.256. The van der Waals surface area contributed by atoms with Crippen LogP contribution >= 0.6 is 31.9 Å². The second-order valence-electron chi connectivity index (χ2n) is 3.73. The third-order valence-corrected chi connectivity index (χ3v) is 4.56. The monoisotopic (exact) mass is 338 g/mol. The number of halogens is 2. The van der Waals surface area contributed by atoms with Gasteiger partial charge in [-0.25, -0.2) is 0 Å². The maximum absolute atomic E-state index is 3.76. The molecule has 0 saturated carbocycles. The van der Waals surface area contributed by atoms with Crippen molar-refractivity contribution in [3.05, 3.63) is 69.7 Å².